The first-order valence-electron chi connectivity index (χ1n) is 8.83. The summed E-state index contributed by atoms with van der Waals surface area (Å²) in [5, 5.41) is 5.07. The Bertz CT molecular complexity index is 1130. The third-order valence-corrected chi connectivity index (χ3v) is 4.30. The van der Waals surface area contributed by atoms with Gasteiger partial charge in [-0.25, -0.2) is 14.2 Å². The van der Waals surface area contributed by atoms with Crippen molar-refractivity contribution < 1.29 is 14.0 Å². The topological polar surface area (TPSA) is 109 Å². The van der Waals surface area contributed by atoms with Crippen LogP contribution in [-0.2, 0) is 7.05 Å². The molecule has 0 aliphatic heterocycles. The zero-order chi connectivity index (χ0) is 20.4. The molecule has 0 aliphatic rings. The fraction of sp³-hybridized carbons (Fsp3) is 0.263. The second kappa shape index (κ2) is 7.63. The molecule has 3 aromatic rings. The van der Waals surface area contributed by atoms with Crippen LogP contribution in [0.25, 0.3) is 22.2 Å². The summed E-state index contributed by atoms with van der Waals surface area (Å²) in [5.41, 5.74) is 0.486. The summed E-state index contributed by atoms with van der Waals surface area (Å²) in [6, 6.07) is 3.89. The van der Waals surface area contributed by atoms with E-state index in [1.54, 1.807) is 27.0 Å². The second-order valence-electron chi connectivity index (χ2n) is 6.22. The number of aromatic amines is 1. The molecule has 28 heavy (non-hydrogen) atoms. The lowest BCUT2D eigenvalue weighted by Crippen LogP contribution is -2.28. The third-order valence-electron chi connectivity index (χ3n) is 4.30. The van der Waals surface area contributed by atoms with Gasteiger partial charge in [0, 0.05) is 37.8 Å². The number of carbonyl (C=O) groups excluding carboxylic acids is 2. The minimum Gasteiger partial charge on any atom is -0.338 e. The van der Waals surface area contributed by atoms with E-state index in [1.165, 1.54) is 22.9 Å². The number of benzene rings is 1. The van der Waals surface area contributed by atoms with E-state index in [9.17, 15) is 14.4 Å². The van der Waals surface area contributed by atoms with Crippen molar-refractivity contribution in [1.82, 2.24) is 19.9 Å². The van der Waals surface area contributed by atoms with Gasteiger partial charge in [-0.15, -0.1) is 0 Å². The van der Waals surface area contributed by atoms with E-state index in [0.29, 0.717) is 17.6 Å². The standard InChI is InChI=1S/C19H20FN5O3/c1-4-13(26)15-16(20)11(10-6-7-25(3)14(27)8-10)9-12-17(15)23-18(22-12)24-19(28)21-5-2/h6-9H,4-5H2,1-3H3,(H3,21,22,23,24,28). The summed E-state index contributed by atoms with van der Waals surface area (Å²) in [6.07, 6.45) is 1.61. The van der Waals surface area contributed by atoms with Crippen LogP contribution in [-0.4, -0.2) is 32.9 Å². The van der Waals surface area contributed by atoms with E-state index < -0.39 is 17.6 Å². The number of hydrogen-bond acceptors (Lipinski definition) is 4. The Balaban J connectivity index is 2.21. The number of amides is 2. The molecule has 3 N–H and O–H groups in total. The number of anilines is 1. The molecule has 0 aliphatic carbocycles. The molecule has 0 saturated carbocycles. The normalized spacial score (nSPS) is 10.9. The lowest BCUT2D eigenvalue weighted by molar-refractivity contribution is 0.0986. The number of aromatic nitrogens is 3. The number of urea groups is 1. The van der Waals surface area contributed by atoms with Gasteiger partial charge in [0.2, 0.25) is 5.95 Å². The highest BCUT2D eigenvalue weighted by Crippen LogP contribution is 2.31. The maximum Gasteiger partial charge on any atom is 0.321 e. The van der Waals surface area contributed by atoms with Gasteiger partial charge < -0.3 is 14.9 Å². The van der Waals surface area contributed by atoms with Crippen LogP contribution in [0, 0.1) is 5.82 Å². The number of H-pyrrole nitrogens is 1. The number of ketones is 1. The minimum atomic E-state index is -0.747. The number of halogens is 1. The van der Waals surface area contributed by atoms with Gasteiger partial charge in [0.05, 0.1) is 11.1 Å². The zero-order valence-electron chi connectivity index (χ0n) is 15.7. The summed E-state index contributed by atoms with van der Waals surface area (Å²) in [5.74, 6) is -1.08. The van der Waals surface area contributed by atoms with Crippen molar-refractivity contribution in [3.05, 3.63) is 46.1 Å². The monoisotopic (exact) mass is 385 g/mol. The van der Waals surface area contributed by atoms with Gasteiger partial charge in [-0.2, -0.15) is 0 Å². The lowest BCUT2D eigenvalue weighted by atomic mass is 9.98. The summed E-state index contributed by atoms with van der Waals surface area (Å²) in [7, 11) is 1.59. The summed E-state index contributed by atoms with van der Waals surface area (Å²) >= 11 is 0. The molecule has 0 radical (unpaired) electrons. The molecule has 3 rings (SSSR count). The fourth-order valence-corrected chi connectivity index (χ4v) is 2.86. The molecule has 1 aromatic carbocycles. The van der Waals surface area contributed by atoms with E-state index in [4.69, 9.17) is 0 Å². The number of carbonyl (C=O) groups is 2. The van der Waals surface area contributed by atoms with Crippen LogP contribution < -0.4 is 16.2 Å². The molecule has 0 bridgehead atoms. The third kappa shape index (κ3) is 3.51. The van der Waals surface area contributed by atoms with Gasteiger partial charge in [0.15, 0.2) is 5.78 Å². The van der Waals surface area contributed by atoms with Crippen LogP contribution >= 0.6 is 0 Å². The zero-order valence-corrected chi connectivity index (χ0v) is 15.7. The highest BCUT2D eigenvalue weighted by atomic mass is 19.1. The summed E-state index contributed by atoms with van der Waals surface area (Å²) in [4.78, 5) is 43.2. The smallest absolute Gasteiger partial charge is 0.321 e. The van der Waals surface area contributed by atoms with E-state index in [-0.39, 0.29) is 34.6 Å². The van der Waals surface area contributed by atoms with Crippen molar-refractivity contribution in [3.8, 4) is 11.1 Å². The molecule has 0 spiro atoms. The number of Topliss-reactive ketones (excluding diaryl/α,β-unsaturated/α-hetero) is 1. The molecular formula is C19H20FN5O3. The van der Waals surface area contributed by atoms with Gasteiger partial charge in [-0.3, -0.25) is 14.9 Å². The molecular weight excluding hydrogens is 365 g/mol. The van der Waals surface area contributed by atoms with E-state index in [1.807, 2.05) is 0 Å². The Labute approximate surface area is 159 Å². The van der Waals surface area contributed by atoms with Crippen LogP contribution in [0.15, 0.2) is 29.2 Å². The highest BCUT2D eigenvalue weighted by molar-refractivity contribution is 6.08. The average molecular weight is 385 g/mol. The maximum atomic E-state index is 15.3. The van der Waals surface area contributed by atoms with Crippen molar-refractivity contribution in [2.75, 3.05) is 11.9 Å². The Hall–Kier alpha value is -3.49. The minimum absolute atomic E-state index is 0.0813. The number of fused-ring (bicyclic) bond motifs is 1. The number of hydrogen-bond donors (Lipinski definition) is 3. The molecule has 0 unspecified atom stereocenters. The Morgan fingerprint density at radius 1 is 1.29 bits per heavy atom. The molecule has 0 fully saturated rings. The fourth-order valence-electron chi connectivity index (χ4n) is 2.86. The molecule has 0 atom stereocenters. The van der Waals surface area contributed by atoms with Crippen molar-refractivity contribution in [2.24, 2.45) is 7.05 Å². The number of pyridine rings is 1. The molecule has 8 nitrogen and oxygen atoms in total. The summed E-state index contributed by atoms with van der Waals surface area (Å²) < 4.78 is 16.6. The van der Waals surface area contributed by atoms with Gasteiger partial charge in [0.1, 0.15) is 11.3 Å². The van der Waals surface area contributed by atoms with Crippen LogP contribution in [0.4, 0.5) is 15.1 Å². The number of rotatable bonds is 5. The SMILES string of the molecule is CCNC(=O)Nc1nc2c(C(=O)CC)c(F)c(-c3ccn(C)c(=O)c3)cc2[nH]1. The maximum absolute atomic E-state index is 15.3. The van der Waals surface area contributed by atoms with Crippen molar-refractivity contribution in [2.45, 2.75) is 20.3 Å². The highest BCUT2D eigenvalue weighted by Gasteiger charge is 2.23. The number of nitrogens with one attached hydrogen (secondary N) is 3. The number of imidazole rings is 1. The molecule has 2 heterocycles. The number of nitrogens with zero attached hydrogens (tertiary/aromatic N) is 2. The predicted octanol–water partition coefficient (Wildman–Crippen LogP) is 2.80. The Morgan fingerprint density at radius 2 is 2.04 bits per heavy atom. The van der Waals surface area contributed by atoms with E-state index >= 15 is 4.39 Å². The van der Waals surface area contributed by atoms with Gasteiger partial charge in [0.25, 0.3) is 5.56 Å². The average Bonchev–Trinajstić information content (AvgIpc) is 3.04. The second-order valence-corrected chi connectivity index (χ2v) is 6.22. The van der Waals surface area contributed by atoms with Crippen LogP contribution in [0.2, 0.25) is 0 Å². The first-order chi connectivity index (χ1) is 13.3. The van der Waals surface area contributed by atoms with Crippen LogP contribution in [0.3, 0.4) is 0 Å². The van der Waals surface area contributed by atoms with Crippen molar-refractivity contribution in [1.29, 1.82) is 0 Å². The van der Waals surface area contributed by atoms with Crippen LogP contribution in [0.1, 0.15) is 30.6 Å². The van der Waals surface area contributed by atoms with Gasteiger partial charge >= 0.3 is 6.03 Å². The van der Waals surface area contributed by atoms with Crippen molar-refractivity contribution in [3.63, 3.8) is 0 Å². The van der Waals surface area contributed by atoms with Crippen molar-refractivity contribution >= 4 is 28.8 Å². The van der Waals surface area contributed by atoms with Gasteiger partial charge in [-0.05, 0) is 24.6 Å². The van der Waals surface area contributed by atoms with Gasteiger partial charge in [-0.1, -0.05) is 6.92 Å². The molecule has 2 aromatic heterocycles. The quantitative estimate of drug-likeness (QED) is 0.587. The number of aryl methyl sites for hydroxylation is 1. The lowest BCUT2D eigenvalue weighted by Gasteiger charge is -2.09. The Morgan fingerprint density at radius 3 is 2.68 bits per heavy atom. The Kier molecular flexibility index (Phi) is 5.25. The predicted molar refractivity (Wildman–Crippen MR) is 104 cm³/mol. The molecule has 2 amide bonds. The van der Waals surface area contributed by atoms with E-state index in [0.717, 1.165) is 0 Å². The molecule has 0 saturated heterocycles. The first kappa shape index (κ1) is 19.3. The molecule has 9 heteroatoms. The van der Waals surface area contributed by atoms with Crippen LogP contribution in [0.5, 0.6) is 0 Å². The van der Waals surface area contributed by atoms with E-state index in [2.05, 4.69) is 20.6 Å². The largest absolute Gasteiger partial charge is 0.338 e. The first-order valence-corrected chi connectivity index (χ1v) is 8.83. The summed E-state index contributed by atoms with van der Waals surface area (Å²) in [6.45, 7) is 3.81. The molecule has 146 valence electrons.